The largest absolute Gasteiger partial charge is 0.383 e. The van der Waals surface area contributed by atoms with Gasteiger partial charge in [-0.3, -0.25) is 4.98 Å². The Bertz CT molecular complexity index is 1030. The summed E-state index contributed by atoms with van der Waals surface area (Å²) in [6, 6.07) is 7.36. The molecular formula is C26H33Cl2N5O. The average molecular weight is 502 g/mol. The van der Waals surface area contributed by atoms with Gasteiger partial charge in [0.05, 0.1) is 35.0 Å². The van der Waals surface area contributed by atoms with Crippen molar-refractivity contribution in [1.29, 1.82) is 5.26 Å². The fourth-order valence-electron chi connectivity index (χ4n) is 4.81. The Balaban J connectivity index is 1.41. The molecule has 2 aromatic rings. The molecule has 1 atom stereocenters. The van der Waals surface area contributed by atoms with Gasteiger partial charge in [-0.15, -0.1) is 0 Å². The predicted molar refractivity (Wildman–Crippen MR) is 137 cm³/mol. The number of anilines is 1. The van der Waals surface area contributed by atoms with Gasteiger partial charge in [0.2, 0.25) is 0 Å². The first-order chi connectivity index (χ1) is 16.4. The van der Waals surface area contributed by atoms with Crippen LogP contribution in [0.3, 0.4) is 0 Å². The van der Waals surface area contributed by atoms with Gasteiger partial charge in [-0.1, -0.05) is 23.2 Å². The smallest absolute Gasteiger partial charge is 0.137 e. The molecule has 8 heteroatoms. The molecule has 2 aliphatic rings. The SMILES string of the molecule is COC[C@@H](C)NC1CCC(Cc2cc(-c3cc(NCC4(C#N)CC4)cnc3Cl)c(Cl)cn2)CC1. The Morgan fingerprint density at radius 3 is 2.59 bits per heavy atom. The molecule has 2 saturated carbocycles. The summed E-state index contributed by atoms with van der Waals surface area (Å²) < 4.78 is 5.24. The highest BCUT2D eigenvalue weighted by molar-refractivity contribution is 6.35. The molecule has 2 heterocycles. The van der Waals surface area contributed by atoms with Crippen molar-refractivity contribution in [2.45, 2.75) is 64.0 Å². The summed E-state index contributed by atoms with van der Waals surface area (Å²) in [5, 5.41) is 17.3. The number of pyridine rings is 2. The maximum Gasteiger partial charge on any atom is 0.137 e. The summed E-state index contributed by atoms with van der Waals surface area (Å²) in [5.74, 6) is 0.611. The van der Waals surface area contributed by atoms with Crippen molar-refractivity contribution >= 4 is 28.9 Å². The number of nitriles is 1. The quantitative estimate of drug-likeness (QED) is 0.394. The van der Waals surface area contributed by atoms with Gasteiger partial charge >= 0.3 is 0 Å². The molecule has 0 aliphatic heterocycles. The Hall–Kier alpha value is -1.91. The van der Waals surface area contributed by atoms with Crippen LogP contribution < -0.4 is 10.6 Å². The van der Waals surface area contributed by atoms with E-state index in [1.165, 1.54) is 25.7 Å². The summed E-state index contributed by atoms with van der Waals surface area (Å²) in [4.78, 5) is 8.97. The molecule has 0 bridgehead atoms. The van der Waals surface area contributed by atoms with Crippen molar-refractivity contribution in [1.82, 2.24) is 15.3 Å². The molecule has 4 rings (SSSR count). The normalized spacial score (nSPS) is 22.1. The van der Waals surface area contributed by atoms with Crippen LogP contribution in [0, 0.1) is 22.7 Å². The first-order valence-electron chi connectivity index (χ1n) is 12.1. The van der Waals surface area contributed by atoms with Crippen LogP contribution >= 0.6 is 23.2 Å². The minimum absolute atomic E-state index is 0.238. The monoisotopic (exact) mass is 501 g/mol. The number of aromatic nitrogens is 2. The number of hydrogen-bond donors (Lipinski definition) is 2. The molecule has 0 radical (unpaired) electrons. The first kappa shape index (κ1) is 25.2. The van der Waals surface area contributed by atoms with Crippen molar-refractivity contribution in [2.75, 3.05) is 25.6 Å². The molecule has 34 heavy (non-hydrogen) atoms. The molecule has 2 aliphatic carbocycles. The van der Waals surface area contributed by atoms with Crippen LogP contribution in [0.25, 0.3) is 11.1 Å². The van der Waals surface area contributed by atoms with E-state index in [4.69, 9.17) is 27.9 Å². The highest BCUT2D eigenvalue weighted by Crippen LogP contribution is 2.45. The Labute approximate surface area is 212 Å². The van der Waals surface area contributed by atoms with E-state index in [9.17, 15) is 5.26 Å². The van der Waals surface area contributed by atoms with Crippen molar-refractivity contribution in [3.8, 4) is 17.2 Å². The van der Waals surface area contributed by atoms with E-state index >= 15 is 0 Å². The molecule has 0 amide bonds. The highest BCUT2D eigenvalue weighted by atomic mass is 35.5. The van der Waals surface area contributed by atoms with Gasteiger partial charge in [0.15, 0.2) is 0 Å². The highest BCUT2D eigenvalue weighted by Gasteiger charge is 2.42. The van der Waals surface area contributed by atoms with E-state index in [2.05, 4.69) is 39.7 Å². The number of ether oxygens (including phenoxy) is 1. The lowest BCUT2D eigenvalue weighted by Gasteiger charge is -2.31. The zero-order valence-electron chi connectivity index (χ0n) is 19.9. The van der Waals surface area contributed by atoms with Crippen LogP contribution in [0.5, 0.6) is 0 Å². The van der Waals surface area contributed by atoms with Gasteiger partial charge < -0.3 is 15.4 Å². The Morgan fingerprint density at radius 1 is 1.15 bits per heavy atom. The van der Waals surface area contributed by atoms with Crippen molar-refractivity contribution in [3.05, 3.63) is 40.4 Å². The molecule has 182 valence electrons. The standard InChI is InChI=1S/C26H33Cl2N5O/c1-17(14-34-2)33-19-5-3-18(4-6-19)9-20-10-22(24(27)13-30-20)23-11-21(12-31-25(23)28)32-16-26(15-29)7-8-26/h10-13,17-19,32-33H,3-9,14,16H2,1-2H3/t17-,18?,19?/m1/s1. The van der Waals surface area contributed by atoms with Gasteiger partial charge in [-0.25, -0.2) is 4.98 Å². The zero-order valence-corrected chi connectivity index (χ0v) is 21.4. The van der Waals surface area contributed by atoms with Crippen LogP contribution in [-0.4, -0.2) is 42.3 Å². The molecule has 0 aromatic carbocycles. The van der Waals surface area contributed by atoms with Crippen LogP contribution in [0.2, 0.25) is 10.2 Å². The number of nitrogens with one attached hydrogen (secondary N) is 2. The lowest BCUT2D eigenvalue weighted by molar-refractivity contribution is 0.158. The zero-order chi connectivity index (χ0) is 24.1. The number of halogens is 2. The molecule has 0 spiro atoms. The number of nitrogens with zero attached hydrogens (tertiary/aromatic N) is 3. The Morgan fingerprint density at radius 2 is 1.91 bits per heavy atom. The summed E-state index contributed by atoms with van der Waals surface area (Å²) >= 11 is 13.0. The van der Waals surface area contributed by atoms with E-state index in [-0.39, 0.29) is 5.41 Å². The van der Waals surface area contributed by atoms with Crippen LogP contribution in [0.4, 0.5) is 5.69 Å². The Kier molecular flexibility index (Phi) is 8.31. The molecular weight excluding hydrogens is 469 g/mol. The van der Waals surface area contributed by atoms with E-state index in [0.29, 0.717) is 34.7 Å². The molecule has 2 aromatic heterocycles. The molecule has 2 fully saturated rings. The number of methoxy groups -OCH3 is 1. The van der Waals surface area contributed by atoms with E-state index in [1.807, 2.05) is 6.07 Å². The lowest BCUT2D eigenvalue weighted by Crippen LogP contribution is -2.41. The van der Waals surface area contributed by atoms with Crippen molar-refractivity contribution in [2.24, 2.45) is 11.3 Å². The van der Waals surface area contributed by atoms with Gasteiger partial charge in [-0.2, -0.15) is 5.26 Å². The van der Waals surface area contributed by atoms with Crippen molar-refractivity contribution in [3.63, 3.8) is 0 Å². The molecule has 2 N–H and O–H groups in total. The molecule has 6 nitrogen and oxygen atoms in total. The summed E-state index contributed by atoms with van der Waals surface area (Å²) in [6.07, 6.45) is 10.9. The second-order valence-corrected chi connectivity index (χ2v) is 10.7. The fraction of sp³-hybridized carbons (Fsp3) is 0.577. The van der Waals surface area contributed by atoms with Crippen LogP contribution in [0.1, 0.15) is 51.1 Å². The topological polar surface area (TPSA) is 82.9 Å². The number of rotatable bonds is 10. The minimum atomic E-state index is -0.238. The van der Waals surface area contributed by atoms with Gasteiger partial charge in [0, 0.05) is 48.8 Å². The van der Waals surface area contributed by atoms with E-state index in [1.54, 1.807) is 19.5 Å². The number of hydrogen-bond acceptors (Lipinski definition) is 6. The van der Waals surface area contributed by atoms with Crippen molar-refractivity contribution < 1.29 is 4.74 Å². The second kappa shape index (κ2) is 11.2. The summed E-state index contributed by atoms with van der Waals surface area (Å²) in [7, 11) is 1.75. The third-order valence-electron chi connectivity index (χ3n) is 7.04. The molecule has 0 saturated heterocycles. The summed E-state index contributed by atoms with van der Waals surface area (Å²) in [6.45, 7) is 3.53. The van der Waals surface area contributed by atoms with Crippen LogP contribution in [0.15, 0.2) is 24.5 Å². The maximum atomic E-state index is 9.33. The summed E-state index contributed by atoms with van der Waals surface area (Å²) in [5.41, 5.74) is 3.25. The minimum Gasteiger partial charge on any atom is -0.383 e. The van der Waals surface area contributed by atoms with Gasteiger partial charge in [0.25, 0.3) is 0 Å². The van der Waals surface area contributed by atoms with E-state index in [0.717, 1.165) is 48.4 Å². The first-order valence-corrected chi connectivity index (χ1v) is 12.9. The van der Waals surface area contributed by atoms with Crippen LogP contribution in [-0.2, 0) is 11.2 Å². The third-order valence-corrected chi connectivity index (χ3v) is 7.65. The average Bonchev–Trinajstić information content (AvgIpc) is 3.62. The lowest BCUT2D eigenvalue weighted by atomic mass is 9.83. The third kappa shape index (κ3) is 6.40. The van der Waals surface area contributed by atoms with Gasteiger partial charge in [-0.05, 0) is 69.9 Å². The molecule has 0 unspecified atom stereocenters. The predicted octanol–water partition coefficient (Wildman–Crippen LogP) is 5.89. The van der Waals surface area contributed by atoms with E-state index < -0.39 is 0 Å². The second-order valence-electron chi connectivity index (χ2n) is 9.91. The van der Waals surface area contributed by atoms with Gasteiger partial charge in [0.1, 0.15) is 5.15 Å². The maximum absolute atomic E-state index is 9.33. The fourth-order valence-corrected chi connectivity index (χ4v) is 5.22.